The molecule has 0 aromatic heterocycles. The summed E-state index contributed by atoms with van der Waals surface area (Å²) in [7, 11) is 0. The second-order valence-corrected chi connectivity index (χ2v) is 8.72. The molecular formula is C18H37N5O7. The predicted molar refractivity (Wildman–Crippen MR) is 106 cm³/mol. The number of rotatable bonds is 5. The first kappa shape index (κ1) is 24.2. The lowest BCUT2D eigenvalue weighted by molar-refractivity contribution is -0.305. The van der Waals surface area contributed by atoms with E-state index < -0.39 is 73.6 Å². The molecule has 0 amide bonds. The van der Waals surface area contributed by atoms with E-state index in [2.05, 4.69) is 0 Å². The van der Waals surface area contributed by atoms with Crippen LogP contribution in [0.5, 0.6) is 0 Å². The molecule has 14 N–H and O–H groups in total. The molecule has 12 nitrogen and oxygen atoms in total. The summed E-state index contributed by atoms with van der Waals surface area (Å²) in [5.41, 5.74) is 30.4. The van der Waals surface area contributed by atoms with E-state index in [0.717, 1.165) is 6.42 Å². The van der Waals surface area contributed by atoms with Crippen LogP contribution in [-0.2, 0) is 14.2 Å². The number of aliphatic hydroxyl groups excluding tert-OH is 4. The maximum Gasteiger partial charge on any atom is 0.186 e. The van der Waals surface area contributed by atoms with Crippen molar-refractivity contribution in [2.75, 3.05) is 13.2 Å². The maximum atomic E-state index is 11.1. The summed E-state index contributed by atoms with van der Waals surface area (Å²) in [5, 5.41) is 40.9. The van der Waals surface area contributed by atoms with E-state index in [1.54, 1.807) is 0 Å². The zero-order valence-electron chi connectivity index (χ0n) is 16.9. The number of hydrogen-bond acceptors (Lipinski definition) is 12. The van der Waals surface area contributed by atoms with E-state index in [1.165, 1.54) is 0 Å². The van der Waals surface area contributed by atoms with Gasteiger partial charge in [-0.2, -0.15) is 0 Å². The van der Waals surface area contributed by atoms with Crippen molar-refractivity contribution in [1.82, 2.24) is 0 Å². The normalized spacial score (nSPS) is 52.9. The number of hydrogen-bond donors (Lipinski definition) is 9. The molecule has 13 atom stereocenters. The van der Waals surface area contributed by atoms with Crippen LogP contribution in [0.3, 0.4) is 0 Å². The Bertz CT molecular complexity index is 561. The summed E-state index contributed by atoms with van der Waals surface area (Å²) in [6.45, 7) is -0.176. The minimum absolute atomic E-state index is 0.169. The van der Waals surface area contributed by atoms with Crippen LogP contribution < -0.4 is 28.7 Å². The Labute approximate surface area is 175 Å². The van der Waals surface area contributed by atoms with Crippen LogP contribution in [0, 0.1) is 5.92 Å². The van der Waals surface area contributed by atoms with Crippen molar-refractivity contribution in [2.24, 2.45) is 34.6 Å². The van der Waals surface area contributed by atoms with Crippen LogP contribution in [0.25, 0.3) is 0 Å². The molecular weight excluding hydrogens is 398 g/mol. The van der Waals surface area contributed by atoms with Crippen molar-refractivity contribution in [2.45, 2.75) is 92.4 Å². The molecule has 2 heterocycles. The third-order valence-electron chi connectivity index (χ3n) is 6.66. The van der Waals surface area contributed by atoms with Crippen LogP contribution >= 0.6 is 0 Å². The molecule has 2 aliphatic heterocycles. The monoisotopic (exact) mass is 435 g/mol. The molecule has 0 aromatic carbocycles. The molecule has 0 radical (unpaired) electrons. The first-order valence-corrected chi connectivity index (χ1v) is 10.5. The Morgan fingerprint density at radius 2 is 1.57 bits per heavy atom. The first-order valence-electron chi connectivity index (χ1n) is 10.5. The van der Waals surface area contributed by atoms with Crippen LogP contribution in [0.2, 0.25) is 0 Å². The van der Waals surface area contributed by atoms with E-state index in [4.69, 9.17) is 42.9 Å². The van der Waals surface area contributed by atoms with Gasteiger partial charge in [0.05, 0.1) is 31.0 Å². The van der Waals surface area contributed by atoms with Gasteiger partial charge in [0.2, 0.25) is 0 Å². The van der Waals surface area contributed by atoms with E-state index >= 15 is 0 Å². The van der Waals surface area contributed by atoms with Crippen molar-refractivity contribution in [3.05, 3.63) is 0 Å². The highest BCUT2D eigenvalue weighted by molar-refractivity contribution is 5.04. The zero-order chi connectivity index (χ0) is 22.2. The van der Waals surface area contributed by atoms with Crippen LogP contribution in [0.15, 0.2) is 0 Å². The fourth-order valence-corrected chi connectivity index (χ4v) is 4.82. The van der Waals surface area contributed by atoms with Crippen molar-refractivity contribution < 1.29 is 34.6 Å². The van der Waals surface area contributed by atoms with Crippen molar-refractivity contribution in [3.63, 3.8) is 0 Å². The largest absolute Gasteiger partial charge is 0.394 e. The second kappa shape index (κ2) is 9.98. The van der Waals surface area contributed by atoms with Gasteiger partial charge < -0.3 is 63.3 Å². The van der Waals surface area contributed by atoms with Gasteiger partial charge in [0.25, 0.3) is 0 Å². The molecule has 3 rings (SSSR count). The van der Waals surface area contributed by atoms with Crippen molar-refractivity contribution >= 4 is 0 Å². The molecule has 1 saturated carbocycles. The summed E-state index contributed by atoms with van der Waals surface area (Å²) < 4.78 is 17.4. The average Bonchev–Trinajstić information content (AvgIpc) is 2.72. The predicted octanol–water partition coefficient (Wildman–Crippen LogP) is -4.99. The van der Waals surface area contributed by atoms with Crippen molar-refractivity contribution in [3.8, 4) is 0 Å². The number of aliphatic hydroxyl groups is 4. The Kier molecular flexibility index (Phi) is 8.04. The minimum Gasteiger partial charge on any atom is -0.394 e. The molecule has 1 unspecified atom stereocenters. The van der Waals surface area contributed by atoms with Crippen molar-refractivity contribution in [1.29, 1.82) is 0 Å². The van der Waals surface area contributed by atoms with Gasteiger partial charge in [-0.15, -0.1) is 0 Å². The standard InChI is InChI=1S/C18H37N5O7/c19-4-6-1-2-7(20)16(28-6)11-8(21)3-9(22)17(14(11)26)30-18-15(27)12(23)13(25)10(5-24)29-18/h6-18,24-27H,1-5,19-23H2/t6-,7+,8-,9+,10+,11?,12-,13+,14-,15+,16-,17-,18+/m0/s1. The Morgan fingerprint density at radius 3 is 2.20 bits per heavy atom. The van der Waals surface area contributed by atoms with Gasteiger partial charge in [-0.1, -0.05) is 0 Å². The molecule has 1 aliphatic carbocycles. The fraction of sp³-hybridized carbons (Fsp3) is 1.00. The van der Waals surface area contributed by atoms with E-state index in [9.17, 15) is 20.4 Å². The Hall–Kier alpha value is -0.480. The van der Waals surface area contributed by atoms with Crippen LogP contribution in [-0.4, -0.2) is 107 Å². The molecule has 0 spiro atoms. The maximum absolute atomic E-state index is 11.1. The van der Waals surface area contributed by atoms with Gasteiger partial charge in [0, 0.05) is 30.6 Å². The highest BCUT2D eigenvalue weighted by atomic mass is 16.7. The third-order valence-corrected chi connectivity index (χ3v) is 6.66. The SMILES string of the molecule is NC[C@@H]1CC[C@@H](N)[C@@H](C2[C@@H](N)C[C@@H](N)[C@H](O[C@H]3O[C@H](CO)[C@@H](O)[C@H](N)[C@H]3O)[C@H]2O)O1. The summed E-state index contributed by atoms with van der Waals surface area (Å²) in [6.07, 6.45) is -6.03. The van der Waals surface area contributed by atoms with Crippen LogP contribution in [0.1, 0.15) is 19.3 Å². The summed E-state index contributed by atoms with van der Waals surface area (Å²) in [5.74, 6) is -0.562. The molecule has 0 aromatic rings. The number of nitrogens with two attached hydrogens (primary N) is 5. The van der Waals surface area contributed by atoms with Gasteiger partial charge in [-0.05, 0) is 19.3 Å². The summed E-state index contributed by atoms with van der Waals surface area (Å²) in [4.78, 5) is 0. The van der Waals surface area contributed by atoms with E-state index in [0.29, 0.717) is 19.4 Å². The van der Waals surface area contributed by atoms with Gasteiger partial charge in [0.1, 0.15) is 24.4 Å². The van der Waals surface area contributed by atoms with Crippen LogP contribution in [0.4, 0.5) is 0 Å². The lowest BCUT2D eigenvalue weighted by Crippen LogP contribution is -2.68. The smallest absolute Gasteiger partial charge is 0.186 e. The highest BCUT2D eigenvalue weighted by Crippen LogP contribution is 2.35. The Balaban J connectivity index is 1.76. The van der Waals surface area contributed by atoms with Gasteiger partial charge in [-0.3, -0.25) is 0 Å². The first-order chi connectivity index (χ1) is 14.2. The molecule has 3 fully saturated rings. The van der Waals surface area contributed by atoms with Gasteiger partial charge >= 0.3 is 0 Å². The molecule has 0 bridgehead atoms. The number of ether oxygens (including phenoxy) is 3. The van der Waals surface area contributed by atoms with E-state index in [-0.39, 0.29) is 12.1 Å². The second-order valence-electron chi connectivity index (χ2n) is 8.72. The van der Waals surface area contributed by atoms with Gasteiger partial charge in [0.15, 0.2) is 6.29 Å². The Morgan fingerprint density at radius 1 is 0.867 bits per heavy atom. The summed E-state index contributed by atoms with van der Waals surface area (Å²) >= 11 is 0. The third kappa shape index (κ3) is 4.65. The highest BCUT2D eigenvalue weighted by Gasteiger charge is 2.51. The molecule has 176 valence electrons. The quantitative estimate of drug-likeness (QED) is 0.197. The fourth-order valence-electron chi connectivity index (χ4n) is 4.82. The molecule has 12 heteroatoms. The minimum atomic E-state index is -1.38. The molecule has 2 saturated heterocycles. The summed E-state index contributed by atoms with van der Waals surface area (Å²) in [6, 6.07) is -2.56. The lowest BCUT2D eigenvalue weighted by Gasteiger charge is -2.50. The zero-order valence-corrected chi connectivity index (χ0v) is 16.9. The van der Waals surface area contributed by atoms with E-state index in [1.807, 2.05) is 0 Å². The average molecular weight is 436 g/mol. The molecule has 30 heavy (non-hydrogen) atoms. The topological polar surface area (TPSA) is 239 Å². The molecule has 3 aliphatic rings. The van der Waals surface area contributed by atoms with Gasteiger partial charge in [-0.25, -0.2) is 0 Å². The lowest BCUT2D eigenvalue weighted by atomic mass is 9.72.